The lowest BCUT2D eigenvalue weighted by molar-refractivity contribution is -0.137. The molecule has 1 aromatic rings. The molecule has 0 aliphatic heterocycles. The normalized spacial score (nSPS) is 19.5. The van der Waals surface area contributed by atoms with Gasteiger partial charge < -0.3 is 0 Å². The summed E-state index contributed by atoms with van der Waals surface area (Å²) >= 11 is 5.95. The van der Waals surface area contributed by atoms with Crippen molar-refractivity contribution >= 4 is 29.0 Å². The van der Waals surface area contributed by atoms with Gasteiger partial charge >= 0.3 is 0 Å². The fourth-order valence-corrected chi connectivity index (χ4v) is 2.73. The van der Waals surface area contributed by atoms with E-state index in [1.54, 1.807) is 24.3 Å². The second-order valence-electron chi connectivity index (χ2n) is 5.73. The molecule has 1 aliphatic rings. The minimum Gasteiger partial charge on any atom is -0.298 e. The number of Topliss-reactive ketones (excluding diaryl/α,β-unsaturated/α-hetero) is 3. The monoisotopic (exact) mass is 278 g/mol. The van der Waals surface area contributed by atoms with Crippen LogP contribution in [0.3, 0.4) is 0 Å². The van der Waals surface area contributed by atoms with Gasteiger partial charge in [-0.05, 0) is 17.5 Å². The lowest BCUT2D eigenvalue weighted by Crippen LogP contribution is -2.41. The highest BCUT2D eigenvalue weighted by Crippen LogP contribution is 2.35. The Balaban J connectivity index is 2.33. The van der Waals surface area contributed by atoms with Gasteiger partial charge in [0.25, 0.3) is 0 Å². The highest BCUT2D eigenvalue weighted by atomic mass is 35.5. The van der Waals surface area contributed by atoms with Crippen LogP contribution in [-0.4, -0.2) is 17.3 Å². The third kappa shape index (κ3) is 2.76. The molecule has 1 aliphatic carbocycles. The van der Waals surface area contributed by atoms with E-state index >= 15 is 0 Å². The van der Waals surface area contributed by atoms with Crippen molar-refractivity contribution in [2.75, 3.05) is 0 Å². The molecule has 0 spiro atoms. The molecule has 0 bridgehead atoms. The van der Waals surface area contributed by atoms with Crippen LogP contribution < -0.4 is 0 Å². The van der Waals surface area contributed by atoms with Crippen molar-refractivity contribution in [3.63, 3.8) is 0 Å². The van der Waals surface area contributed by atoms with Crippen LogP contribution in [0.25, 0.3) is 0 Å². The topological polar surface area (TPSA) is 51.2 Å². The van der Waals surface area contributed by atoms with Crippen LogP contribution in [0.15, 0.2) is 24.3 Å². The Hall–Kier alpha value is -1.48. The van der Waals surface area contributed by atoms with E-state index in [2.05, 4.69) is 0 Å². The average molecular weight is 279 g/mol. The quantitative estimate of drug-likeness (QED) is 0.617. The molecule has 0 atom stereocenters. The molecule has 0 heterocycles. The van der Waals surface area contributed by atoms with Gasteiger partial charge in [-0.3, -0.25) is 14.4 Å². The van der Waals surface area contributed by atoms with E-state index in [1.165, 1.54) is 0 Å². The zero-order valence-electron chi connectivity index (χ0n) is 10.9. The molecule has 100 valence electrons. The van der Waals surface area contributed by atoms with E-state index in [-0.39, 0.29) is 40.4 Å². The second-order valence-corrected chi connectivity index (χ2v) is 6.13. The first-order valence-corrected chi connectivity index (χ1v) is 6.54. The van der Waals surface area contributed by atoms with Crippen LogP contribution in [0.5, 0.6) is 0 Å². The molecule has 1 saturated carbocycles. The Bertz CT molecular complexity index is 540. The van der Waals surface area contributed by atoms with E-state index in [9.17, 15) is 14.4 Å². The summed E-state index contributed by atoms with van der Waals surface area (Å²) < 4.78 is 0. The molecule has 1 aromatic carbocycles. The van der Waals surface area contributed by atoms with Crippen LogP contribution in [0.2, 0.25) is 5.02 Å². The van der Waals surface area contributed by atoms with Crippen LogP contribution in [-0.2, 0) is 9.59 Å². The molecule has 3 nitrogen and oxygen atoms in total. The van der Waals surface area contributed by atoms with Gasteiger partial charge in [0, 0.05) is 18.4 Å². The SMILES string of the molecule is CC1(C)CC(=O)C(C(=O)c2ccccc2Cl)C(=O)C1. The number of halogens is 1. The summed E-state index contributed by atoms with van der Waals surface area (Å²) in [6.45, 7) is 3.72. The van der Waals surface area contributed by atoms with E-state index in [0.29, 0.717) is 0 Å². The fourth-order valence-electron chi connectivity index (χ4n) is 2.50. The standard InChI is InChI=1S/C15H15ClO3/c1-15(2)7-11(17)13(12(18)8-15)14(19)9-5-3-4-6-10(9)16/h3-6,13H,7-8H2,1-2H3. The number of carbonyl (C=O) groups excluding carboxylic acids is 3. The Morgan fingerprint density at radius 2 is 1.68 bits per heavy atom. The molecule has 0 aromatic heterocycles. The van der Waals surface area contributed by atoms with Crippen molar-refractivity contribution in [1.29, 1.82) is 0 Å². The second kappa shape index (κ2) is 4.89. The van der Waals surface area contributed by atoms with E-state index in [0.717, 1.165) is 0 Å². The van der Waals surface area contributed by atoms with Gasteiger partial charge in [0.05, 0.1) is 5.02 Å². The highest BCUT2D eigenvalue weighted by Gasteiger charge is 2.43. The van der Waals surface area contributed by atoms with Gasteiger partial charge in [0.2, 0.25) is 0 Å². The molecule has 0 amide bonds. The van der Waals surface area contributed by atoms with E-state index in [4.69, 9.17) is 11.6 Å². The van der Waals surface area contributed by atoms with E-state index in [1.807, 2.05) is 13.8 Å². The van der Waals surface area contributed by atoms with Crippen molar-refractivity contribution in [3.05, 3.63) is 34.9 Å². The Morgan fingerprint density at radius 3 is 2.21 bits per heavy atom. The lowest BCUT2D eigenvalue weighted by atomic mass is 9.70. The number of hydrogen-bond acceptors (Lipinski definition) is 3. The number of carbonyl (C=O) groups is 3. The van der Waals surface area contributed by atoms with Crippen LogP contribution >= 0.6 is 11.6 Å². The number of ketones is 3. The van der Waals surface area contributed by atoms with Crippen molar-refractivity contribution in [3.8, 4) is 0 Å². The number of benzene rings is 1. The largest absolute Gasteiger partial charge is 0.298 e. The summed E-state index contributed by atoms with van der Waals surface area (Å²) in [6, 6.07) is 6.50. The maximum absolute atomic E-state index is 12.3. The first-order chi connectivity index (χ1) is 8.82. The smallest absolute Gasteiger partial charge is 0.182 e. The van der Waals surface area contributed by atoms with Gasteiger partial charge in [0.15, 0.2) is 17.3 Å². The molecule has 0 saturated heterocycles. The van der Waals surface area contributed by atoms with Gasteiger partial charge in [-0.15, -0.1) is 0 Å². The average Bonchev–Trinajstić information content (AvgIpc) is 2.26. The molecule has 4 heteroatoms. The van der Waals surface area contributed by atoms with Crippen molar-refractivity contribution in [2.45, 2.75) is 26.7 Å². The summed E-state index contributed by atoms with van der Waals surface area (Å²) in [7, 11) is 0. The molecule has 2 rings (SSSR count). The Morgan fingerprint density at radius 1 is 1.16 bits per heavy atom. The van der Waals surface area contributed by atoms with Gasteiger partial charge in [-0.2, -0.15) is 0 Å². The van der Waals surface area contributed by atoms with Gasteiger partial charge in [-0.25, -0.2) is 0 Å². The minimum atomic E-state index is -1.17. The van der Waals surface area contributed by atoms with Crippen molar-refractivity contribution in [1.82, 2.24) is 0 Å². The molecule has 1 fully saturated rings. The maximum Gasteiger partial charge on any atom is 0.182 e. The summed E-state index contributed by atoms with van der Waals surface area (Å²) in [6.07, 6.45) is 0.499. The molecular weight excluding hydrogens is 264 g/mol. The first-order valence-electron chi connectivity index (χ1n) is 6.16. The summed E-state index contributed by atoms with van der Waals surface area (Å²) in [5.41, 5.74) is -0.110. The Kier molecular flexibility index (Phi) is 3.59. The fraction of sp³-hybridized carbons (Fsp3) is 0.400. The Labute approximate surface area is 116 Å². The highest BCUT2D eigenvalue weighted by molar-refractivity contribution is 6.36. The summed E-state index contributed by atoms with van der Waals surface area (Å²) in [4.78, 5) is 36.4. The molecule has 0 unspecified atom stereocenters. The van der Waals surface area contributed by atoms with Crippen molar-refractivity contribution in [2.24, 2.45) is 11.3 Å². The first kappa shape index (κ1) is 13.9. The zero-order chi connectivity index (χ0) is 14.2. The van der Waals surface area contributed by atoms with E-state index < -0.39 is 11.7 Å². The van der Waals surface area contributed by atoms with Crippen molar-refractivity contribution < 1.29 is 14.4 Å². The molecule has 0 radical (unpaired) electrons. The van der Waals surface area contributed by atoms with Gasteiger partial charge in [0.1, 0.15) is 5.92 Å². The zero-order valence-corrected chi connectivity index (χ0v) is 11.7. The third-order valence-corrected chi connectivity index (χ3v) is 3.68. The summed E-state index contributed by atoms with van der Waals surface area (Å²) in [5, 5.41) is 0.276. The predicted molar refractivity (Wildman–Crippen MR) is 72.3 cm³/mol. The predicted octanol–water partition coefficient (Wildman–Crippen LogP) is 3.10. The van der Waals surface area contributed by atoms with Crippen LogP contribution in [0.1, 0.15) is 37.0 Å². The number of rotatable bonds is 2. The summed E-state index contributed by atoms with van der Waals surface area (Å²) in [5.74, 6) is -2.25. The minimum absolute atomic E-state index is 0.246. The van der Waals surface area contributed by atoms with Gasteiger partial charge in [-0.1, -0.05) is 37.6 Å². The third-order valence-electron chi connectivity index (χ3n) is 3.35. The number of hydrogen-bond donors (Lipinski definition) is 0. The van der Waals surface area contributed by atoms with Crippen LogP contribution in [0.4, 0.5) is 0 Å². The molecule has 0 N–H and O–H groups in total. The maximum atomic E-state index is 12.3. The lowest BCUT2D eigenvalue weighted by Gasteiger charge is -2.31. The molecule has 19 heavy (non-hydrogen) atoms. The van der Waals surface area contributed by atoms with Crippen LogP contribution in [0, 0.1) is 11.3 Å². The molecular formula is C15H15ClO3.